The molecule has 12 amide bonds. The van der Waals surface area contributed by atoms with E-state index in [9.17, 15) is 82.1 Å². The highest BCUT2D eigenvalue weighted by Gasteiger charge is 2.43. The molecule has 1 aromatic rings. The normalized spacial score (nSPS) is 16.8. The minimum Gasteiger partial charge on any atom is -0.481 e. The quantitative estimate of drug-likeness (QED) is 0.00720. The van der Waals surface area contributed by atoms with Crippen LogP contribution in [0.2, 0.25) is 0 Å². The first-order valence-electron chi connectivity index (χ1n) is 32.2. The Morgan fingerprint density at radius 3 is 1.70 bits per heavy atom. The molecule has 41 heteroatoms. The minimum atomic E-state index is -1.94. The highest BCUT2D eigenvalue weighted by molar-refractivity contribution is 8.00. The van der Waals surface area contributed by atoms with E-state index in [0.717, 1.165) is 5.75 Å². The van der Waals surface area contributed by atoms with Gasteiger partial charge in [-0.05, 0) is 83.1 Å². The monoisotopic (exact) mass is 1440 g/mol. The lowest BCUT2D eigenvalue weighted by atomic mass is 9.97. The van der Waals surface area contributed by atoms with Crippen molar-refractivity contribution in [3.63, 3.8) is 0 Å². The van der Waals surface area contributed by atoms with Gasteiger partial charge in [0.05, 0.1) is 56.5 Å². The average molecular weight is 1440 g/mol. The number of nitrogens with two attached hydrogens (primary N) is 6. The number of urea groups is 1. The number of amides is 12. The maximum absolute atomic E-state index is 14.0. The number of fused-ring (bicyclic) bond motifs is 1. The van der Waals surface area contributed by atoms with E-state index in [1.165, 1.54) is 12.5 Å². The van der Waals surface area contributed by atoms with Crippen molar-refractivity contribution in [1.29, 1.82) is 0 Å². The van der Waals surface area contributed by atoms with Crippen molar-refractivity contribution in [2.75, 3.05) is 50.8 Å². The van der Waals surface area contributed by atoms with E-state index in [0.29, 0.717) is 32.1 Å². The van der Waals surface area contributed by atoms with Gasteiger partial charge >= 0.3 is 18.0 Å². The largest absolute Gasteiger partial charge is 0.481 e. The lowest BCUT2D eigenvalue weighted by molar-refractivity contribution is -0.141. The van der Waals surface area contributed by atoms with Crippen LogP contribution in [0.4, 0.5) is 4.79 Å². The standard InChI is InChI=1S/C58H96N22O17S2/c1-29(2)19-36(76-49(90)31(60)26-98)54(95)75-35(14-15-45(85)86)53(94)77-37(20-30-22-65-28-71-30)55(96)78-38(21-46(87)88)51(92)69-23-42(82)68-24-43(83)72-33(10-7-17-66-56(61)62)50(91)70-25-44(84)73-34(11-8-18-67-57(63)64)52(93)74-32(9-5-6-16-59)48(89)40(81)12-3-4-13-41-47-39(27-99-41)79-58(97)80-47/h22,28-29,31-39,41,47,98H,3-21,23-27,59-60H2,1-2H3,(H,65,71)(H,68,82)(H,69,92)(H,70,91)(H,72,83)(H,73,84)(H,74,93)(H,75,95)(H,76,90)(H,77,94)(H,78,96)(H,85,86)(H,87,88)(H4,61,62,66)(H4,63,64,67)(H2,79,80,97)/t31-,32-,33-,34-,35-,36-,37-,38-,39-,41-,47-/m0/s1. The number of guanidine groups is 2. The fourth-order valence-electron chi connectivity index (χ4n) is 10.1. The molecule has 2 fully saturated rings. The number of rotatable bonds is 49. The maximum Gasteiger partial charge on any atom is 0.315 e. The summed E-state index contributed by atoms with van der Waals surface area (Å²) in [5, 5.41) is 49.0. The van der Waals surface area contributed by atoms with Crippen LogP contribution in [0, 0.1) is 5.92 Å². The second-order valence-corrected chi connectivity index (χ2v) is 25.5. The predicted octanol–water partition coefficient (Wildman–Crippen LogP) is -7.56. The van der Waals surface area contributed by atoms with E-state index in [4.69, 9.17) is 34.4 Å². The fourth-order valence-corrected chi connectivity index (χ4v) is 11.8. The van der Waals surface area contributed by atoms with Crippen LogP contribution in [0.1, 0.15) is 116 Å². The van der Waals surface area contributed by atoms with Crippen LogP contribution >= 0.6 is 24.4 Å². The van der Waals surface area contributed by atoms with Crippen molar-refractivity contribution in [3.05, 3.63) is 18.2 Å². The van der Waals surface area contributed by atoms with Crippen LogP contribution in [0.3, 0.4) is 0 Å². The van der Waals surface area contributed by atoms with E-state index >= 15 is 0 Å². The molecule has 552 valence electrons. The number of nitrogens with one attached hydrogen (secondary N) is 13. The molecule has 2 aliphatic rings. The van der Waals surface area contributed by atoms with Gasteiger partial charge in [-0.1, -0.05) is 20.3 Å². The number of thioether (sulfide) groups is 1. The zero-order valence-corrected chi connectivity index (χ0v) is 56.9. The molecule has 27 N–H and O–H groups in total. The number of unbranched alkanes of at least 4 members (excludes halogenated alkanes) is 2. The smallest absolute Gasteiger partial charge is 0.315 e. The second-order valence-electron chi connectivity index (χ2n) is 23.8. The Kier molecular flexibility index (Phi) is 37.7. The van der Waals surface area contributed by atoms with Crippen molar-refractivity contribution < 1.29 is 82.1 Å². The Morgan fingerprint density at radius 2 is 1.13 bits per heavy atom. The number of carboxylic acid groups (broad SMARTS) is 2. The molecule has 0 bridgehead atoms. The van der Waals surface area contributed by atoms with Gasteiger partial charge in [0, 0.05) is 61.0 Å². The summed E-state index contributed by atoms with van der Waals surface area (Å²) in [7, 11) is 0. The second kappa shape index (κ2) is 44.5. The van der Waals surface area contributed by atoms with Crippen LogP contribution in [0.25, 0.3) is 0 Å². The highest BCUT2D eigenvalue weighted by Crippen LogP contribution is 2.33. The molecule has 3 heterocycles. The third-order valence-electron chi connectivity index (χ3n) is 15.2. The number of aromatic nitrogens is 2. The first-order valence-corrected chi connectivity index (χ1v) is 33.9. The topological polar surface area (TPSA) is 650 Å². The number of imidazole rings is 1. The molecular formula is C58H96N22O17S2. The minimum absolute atomic E-state index is 0.0228. The number of H-pyrrole nitrogens is 1. The van der Waals surface area contributed by atoms with Crippen LogP contribution in [0.15, 0.2) is 22.5 Å². The van der Waals surface area contributed by atoms with Gasteiger partial charge in [0.2, 0.25) is 70.6 Å². The van der Waals surface area contributed by atoms with Crippen LogP contribution in [-0.4, -0.2) is 237 Å². The summed E-state index contributed by atoms with van der Waals surface area (Å²) in [6.45, 7) is 1.22. The first-order chi connectivity index (χ1) is 46.9. The van der Waals surface area contributed by atoms with Gasteiger partial charge in [-0.3, -0.25) is 77.1 Å². The molecule has 0 aliphatic carbocycles. The van der Waals surface area contributed by atoms with Gasteiger partial charge < -0.3 is 113 Å². The van der Waals surface area contributed by atoms with E-state index < -0.39 is 176 Å². The Labute approximate surface area is 580 Å². The molecule has 11 atom stereocenters. The van der Waals surface area contributed by atoms with Crippen molar-refractivity contribution >= 4 is 125 Å². The van der Waals surface area contributed by atoms with Crippen molar-refractivity contribution in [2.24, 2.45) is 50.3 Å². The van der Waals surface area contributed by atoms with Crippen molar-refractivity contribution in [2.45, 2.75) is 182 Å². The van der Waals surface area contributed by atoms with Crippen LogP contribution in [0.5, 0.6) is 0 Å². The summed E-state index contributed by atoms with van der Waals surface area (Å²) in [6, 6.07) is -11.9. The molecule has 2 aliphatic heterocycles. The Balaban J connectivity index is 1.69. The number of ketones is 2. The molecule has 2 saturated heterocycles. The number of Topliss-reactive ketones (excluding diaryl/α,β-unsaturated/α-hetero) is 2. The third-order valence-corrected chi connectivity index (χ3v) is 17.1. The number of hydrogen-bond acceptors (Lipinski definition) is 22. The first kappa shape index (κ1) is 83.8. The van der Waals surface area contributed by atoms with Crippen LogP contribution in [-0.2, 0) is 73.5 Å². The summed E-state index contributed by atoms with van der Waals surface area (Å²) < 4.78 is 0. The zero-order chi connectivity index (χ0) is 73.7. The lowest BCUT2D eigenvalue weighted by Gasteiger charge is -2.27. The van der Waals surface area contributed by atoms with Crippen molar-refractivity contribution in [1.82, 2.24) is 73.8 Å². The molecule has 39 nitrogen and oxygen atoms in total. The number of nitrogens with zero attached hydrogens (tertiary/aromatic N) is 3. The number of aromatic amines is 1. The van der Waals surface area contributed by atoms with Gasteiger partial charge in [0.15, 0.2) is 11.9 Å². The number of aliphatic carboxylic acids is 2. The highest BCUT2D eigenvalue weighted by atomic mass is 32.2. The lowest BCUT2D eigenvalue weighted by Crippen LogP contribution is -2.59. The van der Waals surface area contributed by atoms with Crippen LogP contribution < -0.4 is 98.2 Å². The predicted molar refractivity (Wildman–Crippen MR) is 362 cm³/mol. The summed E-state index contributed by atoms with van der Waals surface area (Å²) in [6.07, 6.45) is 2.35. The Bertz CT molecular complexity index is 3010. The molecule has 0 saturated carbocycles. The molecular weight excluding hydrogens is 1340 g/mol. The molecule has 0 aromatic carbocycles. The summed E-state index contributed by atoms with van der Waals surface area (Å²) in [5.74, 6) is -14.4. The van der Waals surface area contributed by atoms with E-state index in [2.05, 4.69) is 96.4 Å². The molecule has 0 radical (unpaired) electrons. The summed E-state index contributed by atoms with van der Waals surface area (Å²) >= 11 is 5.72. The number of hydrogen-bond donors (Lipinski definition) is 22. The Hall–Kier alpha value is -9.38. The Morgan fingerprint density at radius 1 is 0.606 bits per heavy atom. The molecule has 1 aromatic heterocycles. The van der Waals surface area contributed by atoms with E-state index in [1.54, 1.807) is 25.6 Å². The number of carbonyl (C=O) groups is 15. The van der Waals surface area contributed by atoms with Gasteiger partial charge in [-0.25, -0.2) is 9.78 Å². The molecule has 0 unspecified atom stereocenters. The number of carbonyl (C=O) groups excluding carboxylic acids is 13. The zero-order valence-electron chi connectivity index (χ0n) is 55.2. The number of carboxylic acids is 2. The van der Waals surface area contributed by atoms with Gasteiger partial charge in [0.1, 0.15) is 36.3 Å². The molecule has 3 rings (SSSR count). The third kappa shape index (κ3) is 32.7. The summed E-state index contributed by atoms with van der Waals surface area (Å²) in [5.41, 5.74) is 33.6. The van der Waals surface area contributed by atoms with Gasteiger partial charge in [0.25, 0.3) is 0 Å². The van der Waals surface area contributed by atoms with E-state index in [-0.39, 0.29) is 117 Å². The maximum atomic E-state index is 14.0. The summed E-state index contributed by atoms with van der Waals surface area (Å²) in [4.78, 5) is 212. The SMILES string of the molecule is CC(C)C[C@H](NC(=O)[C@@H](N)CS)C(=O)N[C@@H](CCC(=O)O)C(=O)N[C@@H](Cc1cnc[nH]1)C(=O)N[C@@H](CC(=O)O)C(=O)NCC(=O)NCC(=O)N[C@@H](CCCN=C(N)N)C(=O)NCC(=O)N[C@@H](CCCN=C(N)N)C(=O)N[C@@H](CCCCN)C(=O)C(=O)CCCC[C@@H]1SC[C@@H]2NC(=O)N[C@@H]21. The average Bonchev–Trinajstić information content (AvgIpc) is 1.69. The molecule has 0 spiro atoms. The number of thiol groups is 1. The number of aliphatic imine (C=N–C) groups is 2. The van der Waals surface area contributed by atoms with Crippen molar-refractivity contribution in [3.8, 4) is 0 Å². The van der Waals surface area contributed by atoms with Gasteiger partial charge in [-0.15, -0.1) is 0 Å². The fraction of sp³-hybridized carbons (Fsp3) is 0.655. The molecule has 99 heavy (non-hydrogen) atoms. The van der Waals surface area contributed by atoms with E-state index in [1.807, 2.05) is 0 Å². The van der Waals surface area contributed by atoms with Gasteiger partial charge in [-0.2, -0.15) is 24.4 Å².